The van der Waals surface area contributed by atoms with E-state index in [1.807, 2.05) is 6.92 Å². The summed E-state index contributed by atoms with van der Waals surface area (Å²) in [6, 6.07) is 10.8. The van der Waals surface area contributed by atoms with Gasteiger partial charge in [0.2, 0.25) is 0 Å². The van der Waals surface area contributed by atoms with E-state index in [4.69, 9.17) is 20.6 Å². The molecule has 0 fully saturated rings. The number of esters is 1. The molecule has 2 aromatic carbocycles. The molecule has 0 saturated heterocycles. The van der Waals surface area contributed by atoms with Crippen molar-refractivity contribution < 1.29 is 23.4 Å². The number of halogens is 1. The molecule has 0 amide bonds. The summed E-state index contributed by atoms with van der Waals surface area (Å²) >= 11 is 0. The molecule has 124 valence electrons. The van der Waals surface area contributed by atoms with Crippen LogP contribution in [0.25, 0.3) is 0 Å². The lowest BCUT2D eigenvalue weighted by molar-refractivity contribution is 0.0556. The van der Waals surface area contributed by atoms with Gasteiger partial charge in [0.1, 0.15) is 12.4 Å². The van der Waals surface area contributed by atoms with Crippen LogP contribution in [0.3, 0.4) is 0 Å². The van der Waals surface area contributed by atoms with Crippen molar-refractivity contribution in [1.82, 2.24) is 0 Å². The fourth-order valence-corrected chi connectivity index (χ4v) is 2.00. The van der Waals surface area contributed by atoms with Crippen molar-refractivity contribution in [3.05, 3.63) is 59.4 Å². The number of ether oxygens (including phenoxy) is 3. The van der Waals surface area contributed by atoms with E-state index >= 15 is 0 Å². The Kier molecular flexibility index (Phi) is 6.21. The Labute approximate surface area is 140 Å². The van der Waals surface area contributed by atoms with Gasteiger partial charge in [0.15, 0.2) is 18.1 Å². The van der Waals surface area contributed by atoms with Crippen molar-refractivity contribution in [2.24, 2.45) is 0 Å². The number of carbonyl (C=O) groups excluding carboxylic acids is 1. The Morgan fingerprint density at radius 3 is 2.71 bits per heavy atom. The second-order valence-electron chi connectivity index (χ2n) is 4.79. The highest BCUT2D eigenvalue weighted by molar-refractivity contribution is 5.90. The highest BCUT2D eigenvalue weighted by Crippen LogP contribution is 2.29. The van der Waals surface area contributed by atoms with Gasteiger partial charge in [-0.05, 0) is 42.8 Å². The molecule has 0 N–H and O–H groups in total. The zero-order valence-electron chi connectivity index (χ0n) is 13.3. The predicted molar refractivity (Wildman–Crippen MR) is 87.5 cm³/mol. The van der Waals surface area contributed by atoms with Gasteiger partial charge in [0.25, 0.3) is 0 Å². The van der Waals surface area contributed by atoms with Gasteiger partial charge in [0, 0.05) is 0 Å². The predicted octanol–water partition coefficient (Wildman–Crippen LogP) is 3.59. The third-order valence-electron chi connectivity index (χ3n) is 3.05. The van der Waals surface area contributed by atoms with Crippen LogP contribution in [0.4, 0.5) is 4.39 Å². The van der Waals surface area contributed by atoms with Gasteiger partial charge >= 0.3 is 5.97 Å². The SMILES string of the molecule is C#CCOC(=O)c1ccc(OCc2cccc(F)c2)c(OCC)c1. The molecule has 0 unspecified atom stereocenters. The standard InChI is InChI=1S/C19H17FO4/c1-3-10-23-19(21)15-8-9-17(18(12-15)22-4-2)24-13-14-6-5-7-16(20)11-14/h1,5-9,11-12H,4,10,13H2,2H3. The molecular weight excluding hydrogens is 311 g/mol. The summed E-state index contributed by atoms with van der Waals surface area (Å²) < 4.78 is 29.2. The van der Waals surface area contributed by atoms with E-state index in [-0.39, 0.29) is 19.0 Å². The maximum absolute atomic E-state index is 13.2. The molecule has 24 heavy (non-hydrogen) atoms. The minimum Gasteiger partial charge on any atom is -0.490 e. The molecule has 0 atom stereocenters. The van der Waals surface area contributed by atoms with Gasteiger partial charge in [-0.15, -0.1) is 6.42 Å². The zero-order chi connectivity index (χ0) is 17.4. The Bertz CT molecular complexity index is 749. The lowest BCUT2D eigenvalue weighted by Gasteiger charge is -2.13. The molecule has 0 bridgehead atoms. The second-order valence-corrected chi connectivity index (χ2v) is 4.79. The molecule has 0 radical (unpaired) electrons. The van der Waals surface area contributed by atoms with Crippen molar-refractivity contribution in [2.75, 3.05) is 13.2 Å². The van der Waals surface area contributed by atoms with E-state index in [1.165, 1.54) is 18.2 Å². The van der Waals surface area contributed by atoms with Crippen molar-refractivity contribution in [3.8, 4) is 23.8 Å². The first kappa shape index (κ1) is 17.4. The molecule has 0 aliphatic carbocycles. The minimum absolute atomic E-state index is 0.0966. The van der Waals surface area contributed by atoms with E-state index in [0.29, 0.717) is 29.2 Å². The fraction of sp³-hybridized carbons (Fsp3) is 0.211. The first-order chi connectivity index (χ1) is 11.6. The monoisotopic (exact) mass is 328 g/mol. The number of terminal acetylenes is 1. The first-order valence-corrected chi connectivity index (χ1v) is 7.38. The topological polar surface area (TPSA) is 44.8 Å². The number of rotatable bonds is 7. The molecule has 4 nitrogen and oxygen atoms in total. The maximum Gasteiger partial charge on any atom is 0.339 e. The van der Waals surface area contributed by atoms with Gasteiger partial charge in [0.05, 0.1) is 12.2 Å². The number of hydrogen-bond donors (Lipinski definition) is 0. The van der Waals surface area contributed by atoms with Crippen LogP contribution in [0.5, 0.6) is 11.5 Å². The van der Waals surface area contributed by atoms with Gasteiger partial charge in [-0.2, -0.15) is 0 Å². The van der Waals surface area contributed by atoms with E-state index in [9.17, 15) is 9.18 Å². The zero-order valence-corrected chi connectivity index (χ0v) is 13.3. The molecule has 0 saturated carbocycles. The van der Waals surface area contributed by atoms with Crippen LogP contribution in [-0.2, 0) is 11.3 Å². The van der Waals surface area contributed by atoms with Crippen molar-refractivity contribution in [3.63, 3.8) is 0 Å². The maximum atomic E-state index is 13.2. The average molecular weight is 328 g/mol. The van der Waals surface area contributed by atoms with E-state index in [1.54, 1.807) is 24.3 Å². The van der Waals surface area contributed by atoms with E-state index < -0.39 is 5.97 Å². The average Bonchev–Trinajstić information content (AvgIpc) is 2.59. The summed E-state index contributed by atoms with van der Waals surface area (Å²) in [6.45, 7) is 2.30. The van der Waals surface area contributed by atoms with Crippen LogP contribution >= 0.6 is 0 Å². The van der Waals surface area contributed by atoms with E-state index in [0.717, 1.165) is 0 Å². The Morgan fingerprint density at radius 2 is 2.00 bits per heavy atom. The van der Waals surface area contributed by atoms with Gasteiger partial charge in [-0.3, -0.25) is 0 Å². The summed E-state index contributed by atoms with van der Waals surface area (Å²) in [6.07, 6.45) is 5.06. The van der Waals surface area contributed by atoms with Gasteiger partial charge in [-0.25, -0.2) is 9.18 Å². The van der Waals surface area contributed by atoms with Crippen LogP contribution in [0.1, 0.15) is 22.8 Å². The van der Waals surface area contributed by atoms with Crippen molar-refractivity contribution in [1.29, 1.82) is 0 Å². The van der Waals surface area contributed by atoms with Gasteiger partial charge in [-0.1, -0.05) is 18.1 Å². The Morgan fingerprint density at radius 1 is 1.17 bits per heavy atom. The minimum atomic E-state index is -0.536. The van der Waals surface area contributed by atoms with Crippen molar-refractivity contribution in [2.45, 2.75) is 13.5 Å². The highest BCUT2D eigenvalue weighted by atomic mass is 19.1. The van der Waals surface area contributed by atoms with Crippen LogP contribution in [-0.4, -0.2) is 19.2 Å². The van der Waals surface area contributed by atoms with Crippen LogP contribution in [0, 0.1) is 18.2 Å². The number of carbonyl (C=O) groups is 1. The van der Waals surface area contributed by atoms with E-state index in [2.05, 4.69) is 5.92 Å². The third-order valence-corrected chi connectivity index (χ3v) is 3.05. The lowest BCUT2D eigenvalue weighted by Crippen LogP contribution is -2.07. The molecule has 0 spiro atoms. The van der Waals surface area contributed by atoms with Crippen LogP contribution < -0.4 is 9.47 Å². The summed E-state index contributed by atoms with van der Waals surface area (Å²) in [5.41, 5.74) is 1.00. The fourth-order valence-electron chi connectivity index (χ4n) is 2.00. The summed E-state index contributed by atoms with van der Waals surface area (Å²) in [5, 5.41) is 0. The van der Waals surface area contributed by atoms with Crippen LogP contribution in [0.15, 0.2) is 42.5 Å². The molecule has 2 rings (SSSR count). The summed E-state index contributed by atoms with van der Waals surface area (Å²) in [4.78, 5) is 11.8. The number of benzene rings is 2. The third kappa shape index (κ3) is 4.75. The summed E-state index contributed by atoms with van der Waals surface area (Å²) in [5.74, 6) is 2.23. The molecule has 5 heteroatoms. The van der Waals surface area contributed by atoms with Crippen LogP contribution in [0.2, 0.25) is 0 Å². The Balaban J connectivity index is 2.14. The molecule has 2 aromatic rings. The highest BCUT2D eigenvalue weighted by Gasteiger charge is 2.13. The lowest BCUT2D eigenvalue weighted by atomic mass is 10.2. The molecule has 0 aromatic heterocycles. The largest absolute Gasteiger partial charge is 0.490 e. The Hall–Kier alpha value is -3.00. The smallest absolute Gasteiger partial charge is 0.339 e. The van der Waals surface area contributed by atoms with Crippen molar-refractivity contribution >= 4 is 5.97 Å². The first-order valence-electron chi connectivity index (χ1n) is 7.38. The second kappa shape index (κ2) is 8.59. The molecular formula is C19H17FO4. The quantitative estimate of drug-likeness (QED) is 0.575. The van der Waals surface area contributed by atoms with Gasteiger partial charge < -0.3 is 14.2 Å². The summed E-state index contributed by atoms with van der Waals surface area (Å²) in [7, 11) is 0. The normalized spacial score (nSPS) is 9.88. The number of hydrogen-bond acceptors (Lipinski definition) is 4. The molecule has 0 aliphatic heterocycles. The molecule has 0 aliphatic rings. The molecule has 0 heterocycles.